The van der Waals surface area contributed by atoms with Gasteiger partial charge in [-0.3, -0.25) is 14.6 Å². The van der Waals surface area contributed by atoms with Crippen LogP contribution in [-0.2, 0) is 23.8 Å². The number of hydrogen-bond acceptors (Lipinski definition) is 7. The molecular formula is C22H25N3O5. The quantitative estimate of drug-likeness (QED) is 0.339. The van der Waals surface area contributed by atoms with Crippen LogP contribution in [0, 0.1) is 5.92 Å². The summed E-state index contributed by atoms with van der Waals surface area (Å²) >= 11 is 0. The molecule has 2 aliphatic rings. The Hall–Kier alpha value is -3.00. The van der Waals surface area contributed by atoms with Crippen LogP contribution in [0.15, 0.2) is 35.3 Å². The maximum atomic E-state index is 13.1. The van der Waals surface area contributed by atoms with E-state index in [9.17, 15) is 9.59 Å². The molecule has 0 amide bonds. The third-order valence-electron chi connectivity index (χ3n) is 5.39. The second kappa shape index (κ2) is 9.21. The van der Waals surface area contributed by atoms with Gasteiger partial charge in [0.1, 0.15) is 12.3 Å². The van der Waals surface area contributed by atoms with Crippen LogP contribution >= 0.6 is 0 Å². The topological polar surface area (TPSA) is 103 Å². The first kappa shape index (κ1) is 20.3. The Morgan fingerprint density at radius 2 is 2.17 bits per heavy atom. The largest absolute Gasteiger partial charge is 0.462 e. The predicted molar refractivity (Wildman–Crippen MR) is 111 cm³/mol. The van der Waals surface area contributed by atoms with Gasteiger partial charge in [-0.25, -0.2) is 4.98 Å². The zero-order chi connectivity index (χ0) is 20.9. The molecule has 0 radical (unpaired) electrons. The molecule has 1 N–H and O–H groups in total. The Morgan fingerprint density at radius 3 is 2.97 bits per heavy atom. The summed E-state index contributed by atoms with van der Waals surface area (Å²) in [5, 5.41) is 0.860. The van der Waals surface area contributed by atoms with E-state index in [1.165, 1.54) is 13.5 Å². The Labute approximate surface area is 174 Å². The number of rotatable bonds is 6. The summed E-state index contributed by atoms with van der Waals surface area (Å²) in [5.74, 6) is -2.04. The van der Waals surface area contributed by atoms with Crippen molar-refractivity contribution in [2.75, 3.05) is 20.3 Å². The van der Waals surface area contributed by atoms with E-state index in [1.807, 2.05) is 12.1 Å². The highest BCUT2D eigenvalue weighted by molar-refractivity contribution is 6.27. The summed E-state index contributed by atoms with van der Waals surface area (Å²) in [5.41, 5.74) is 1.47. The van der Waals surface area contributed by atoms with Gasteiger partial charge in [0.05, 0.1) is 12.6 Å². The molecule has 3 heterocycles. The third kappa shape index (κ3) is 4.28. The second-order valence-electron chi connectivity index (χ2n) is 7.47. The van der Waals surface area contributed by atoms with E-state index in [2.05, 4.69) is 15.0 Å². The number of methoxy groups -OCH3 is 1. The van der Waals surface area contributed by atoms with Gasteiger partial charge in [-0.2, -0.15) is 0 Å². The van der Waals surface area contributed by atoms with E-state index < -0.39 is 17.7 Å². The van der Waals surface area contributed by atoms with Crippen molar-refractivity contribution in [1.82, 2.24) is 9.97 Å². The van der Waals surface area contributed by atoms with Gasteiger partial charge in [0.15, 0.2) is 11.7 Å². The van der Waals surface area contributed by atoms with Crippen molar-refractivity contribution in [2.24, 2.45) is 10.9 Å². The van der Waals surface area contributed by atoms with Crippen LogP contribution in [0.1, 0.15) is 37.7 Å². The second-order valence-corrected chi connectivity index (χ2v) is 7.47. The average molecular weight is 411 g/mol. The molecule has 1 saturated carbocycles. The van der Waals surface area contributed by atoms with Crippen LogP contribution in [0.5, 0.6) is 0 Å². The van der Waals surface area contributed by atoms with Gasteiger partial charge in [-0.05, 0) is 31.1 Å². The van der Waals surface area contributed by atoms with Crippen LogP contribution in [0.25, 0.3) is 17.1 Å². The molecule has 2 aromatic heterocycles. The number of Topliss-reactive ketones (excluding diaryl/α,β-unsaturated/α-hetero) is 1. The number of ketones is 1. The number of aromatic nitrogens is 2. The first-order valence-electron chi connectivity index (χ1n) is 10.3. The smallest absolute Gasteiger partial charge is 0.326 e. The molecule has 1 unspecified atom stereocenters. The summed E-state index contributed by atoms with van der Waals surface area (Å²) in [6.45, 7) is 0.330. The number of ether oxygens (including phenoxy) is 3. The minimum atomic E-state index is -1.17. The lowest BCUT2D eigenvalue weighted by atomic mass is 9.95. The lowest BCUT2D eigenvalue weighted by Crippen LogP contribution is -2.29. The summed E-state index contributed by atoms with van der Waals surface area (Å²) < 4.78 is 16.0. The van der Waals surface area contributed by atoms with Gasteiger partial charge >= 0.3 is 5.97 Å². The molecule has 0 aromatic carbocycles. The van der Waals surface area contributed by atoms with Crippen LogP contribution in [0.4, 0.5) is 0 Å². The van der Waals surface area contributed by atoms with Crippen LogP contribution in [0.2, 0.25) is 0 Å². The molecule has 30 heavy (non-hydrogen) atoms. The van der Waals surface area contributed by atoms with Gasteiger partial charge in [-0.1, -0.05) is 19.3 Å². The molecule has 1 aliphatic carbocycles. The summed E-state index contributed by atoms with van der Waals surface area (Å²) in [6.07, 6.45) is 10.3. The minimum Gasteiger partial charge on any atom is -0.462 e. The van der Waals surface area contributed by atoms with Crippen molar-refractivity contribution < 1.29 is 23.8 Å². The number of carbonyl (C=O) groups excluding carboxylic acids is 2. The Kier molecular flexibility index (Phi) is 6.23. The molecule has 158 valence electrons. The predicted octanol–water partition coefficient (Wildman–Crippen LogP) is 3.04. The number of nitrogens with zero attached hydrogens (tertiary/aromatic N) is 2. The monoisotopic (exact) mass is 411 g/mol. The van der Waals surface area contributed by atoms with Crippen molar-refractivity contribution >= 4 is 34.8 Å². The van der Waals surface area contributed by atoms with Crippen molar-refractivity contribution in [2.45, 2.75) is 38.1 Å². The molecule has 0 spiro atoms. The Balaban J connectivity index is 1.63. The number of allylic oxidation sites excluding steroid dienone is 1. The summed E-state index contributed by atoms with van der Waals surface area (Å²) in [4.78, 5) is 37.7. The zero-order valence-corrected chi connectivity index (χ0v) is 16.9. The number of H-pyrrole nitrogens is 1. The maximum Gasteiger partial charge on any atom is 0.326 e. The summed E-state index contributed by atoms with van der Waals surface area (Å²) in [7, 11) is 1.52. The van der Waals surface area contributed by atoms with Gasteiger partial charge in [-0.15, -0.1) is 0 Å². The zero-order valence-electron chi connectivity index (χ0n) is 16.9. The van der Waals surface area contributed by atoms with Crippen molar-refractivity contribution in [3.63, 3.8) is 0 Å². The number of pyridine rings is 1. The number of aromatic amines is 1. The van der Waals surface area contributed by atoms with Crippen molar-refractivity contribution in [1.29, 1.82) is 0 Å². The number of fused-ring (bicyclic) bond motifs is 1. The van der Waals surface area contributed by atoms with E-state index in [4.69, 9.17) is 14.2 Å². The number of esters is 1. The lowest BCUT2D eigenvalue weighted by molar-refractivity contribution is -0.149. The number of hydrogen-bond donors (Lipinski definition) is 1. The van der Waals surface area contributed by atoms with Crippen molar-refractivity contribution in [3.8, 4) is 0 Å². The fraction of sp³-hybridized carbons (Fsp3) is 0.455. The highest BCUT2D eigenvalue weighted by Crippen LogP contribution is 2.29. The Bertz CT molecular complexity index is 988. The summed E-state index contributed by atoms with van der Waals surface area (Å²) in [6, 6.07) is 3.78. The van der Waals surface area contributed by atoms with E-state index >= 15 is 0 Å². The molecule has 0 bridgehead atoms. The fourth-order valence-corrected chi connectivity index (χ4v) is 3.82. The van der Waals surface area contributed by atoms with E-state index in [-0.39, 0.29) is 30.9 Å². The van der Waals surface area contributed by atoms with Gasteiger partial charge < -0.3 is 19.2 Å². The molecule has 2 aromatic rings. The van der Waals surface area contributed by atoms with Gasteiger partial charge in [0.2, 0.25) is 11.7 Å². The SMILES string of the molecule is COCCOC(=O)C1C(=O)/C(=C/c2c[nH]c3ncccc23)OC1=NC1CCCCC1. The van der Waals surface area contributed by atoms with E-state index in [0.717, 1.165) is 36.6 Å². The lowest BCUT2D eigenvalue weighted by Gasteiger charge is -2.18. The molecule has 1 atom stereocenters. The molecule has 8 nitrogen and oxygen atoms in total. The molecule has 4 rings (SSSR count). The standard InChI is InChI=1S/C22H25N3O5/c1-28-10-11-29-22(27)18-19(26)17(30-21(18)25-15-6-3-2-4-7-15)12-14-13-24-20-16(14)8-5-9-23-20/h5,8-9,12-13,15,18H,2-4,6-7,10-11H2,1H3,(H,23,24)/b17-12-,25-21?. The molecule has 8 heteroatoms. The highest BCUT2D eigenvalue weighted by atomic mass is 16.6. The molecular weight excluding hydrogens is 386 g/mol. The van der Waals surface area contributed by atoms with Crippen LogP contribution < -0.4 is 0 Å². The minimum absolute atomic E-state index is 0.0625. The van der Waals surface area contributed by atoms with E-state index in [0.29, 0.717) is 5.65 Å². The van der Waals surface area contributed by atoms with Crippen LogP contribution in [-0.4, -0.2) is 54.0 Å². The molecule has 1 saturated heterocycles. The van der Waals surface area contributed by atoms with Gasteiger partial charge in [0, 0.05) is 30.5 Å². The number of carbonyl (C=O) groups is 2. The Morgan fingerprint density at radius 1 is 1.33 bits per heavy atom. The fourth-order valence-electron chi connectivity index (χ4n) is 3.82. The average Bonchev–Trinajstić information content (AvgIpc) is 3.30. The maximum absolute atomic E-state index is 13.1. The van der Waals surface area contributed by atoms with E-state index in [1.54, 1.807) is 18.5 Å². The molecule has 2 fully saturated rings. The van der Waals surface area contributed by atoms with Gasteiger partial charge in [0.25, 0.3) is 0 Å². The normalized spacial score (nSPS) is 22.7. The first-order valence-corrected chi connectivity index (χ1v) is 10.3. The van der Waals surface area contributed by atoms with Crippen molar-refractivity contribution in [3.05, 3.63) is 35.8 Å². The number of aliphatic imine (C=N–C) groups is 1. The third-order valence-corrected chi connectivity index (χ3v) is 5.39. The first-order chi connectivity index (χ1) is 14.7. The van der Waals surface area contributed by atoms with Crippen LogP contribution in [0.3, 0.4) is 0 Å². The molecule has 1 aliphatic heterocycles. The highest BCUT2D eigenvalue weighted by Gasteiger charge is 2.45. The number of nitrogens with one attached hydrogen (secondary N) is 1.